The van der Waals surface area contributed by atoms with Crippen molar-refractivity contribution in [3.05, 3.63) is 66.0 Å². The molecule has 4 rings (SSSR count). The number of aromatic nitrogens is 6. The van der Waals surface area contributed by atoms with E-state index in [0.29, 0.717) is 23.2 Å². The first-order valence-electron chi connectivity index (χ1n) is 29.0. The van der Waals surface area contributed by atoms with E-state index in [1.54, 1.807) is 33.9 Å². The average molecular weight is 1310 g/mol. The highest BCUT2D eigenvalue weighted by atomic mass is 16.5. The number of pyridine rings is 2. The van der Waals surface area contributed by atoms with E-state index < -0.39 is 0 Å². The summed E-state index contributed by atoms with van der Waals surface area (Å²) in [6.07, 6.45) is 6.59. The van der Waals surface area contributed by atoms with Gasteiger partial charge in [0, 0.05) is 183 Å². The molecule has 0 radical (unpaired) electrons. The monoisotopic (exact) mass is 1300 g/mol. The van der Waals surface area contributed by atoms with E-state index >= 15 is 0 Å². The summed E-state index contributed by atoms with van der Waals surface area (Å²) in [7, 11) is 0. The van der Waals surface area contributed by atoms with Gasteiger partial charge in [-0.05, 0) is 224 Å². The predicted octanol–water partition coefficient (Wildman–Crippen LogP) is 8.21. The van der Waals surface area contributed by atoms with Gasteiger partial charge in [0.1, 0.15) is 11.5 Å². The lowest BCUT2D eigenvalue weighted by Crippen LogP contribution is -2.04. The second-order valence-corrected chi connectivity index (χ2v) is 18.2. The molecular weight excluding hydrogens is 1250 g/mol. The van der Waals surface area contributed by atoms with E-state index in [-0.39, 0.29) is 35.4 Å². The topological polar surface area (TPSA) is 200 Å². The summed E-state index contributed by atoms with van der Waals surface area (Å²) in [5.74, 6) is 145. The van der Waals surface area contributed by atoms with Gasteiger partial charge in [-0.3, -0.25) is 9.97 Å². The number of ether oxygens (including phenoxy) is 2. The van der Waals surface area contributed by atoms with E-state index in [9.17, 15) is 0 Å². The fourth-order valence-electron chi connectivity index (χ4n) is 5.44. The second kappa shape index (κ2) is 56.4. The van der Waals surface area contributed by atoms with Crippen LogP contribution in [0, 0.1) is 332 Å². The van der Waals surface area contributed by atoms with Crippen molar-refractivity contribution in [3.63, 3.8) is 0 Å². The number of rotatable bonds is 8. The quantitative estimate of drug-likeness (QED) is 0.124. The van der Waals surface area contributed by atoms with Crippen LogP contribution in [0.15, 0.2) is 43.5 Å². The van der Waals surface area contributed by atoms with Crippen LogP contribution < -0.4 is 32.4 Å². The smallest absolute Gasteiger partial charge is 0.222 e. The molecule has 0 atom stereocenters. The molecule has 12 heteroatoms. The molecule has 0 fully saturated rings. The van der Waals surface area contributed by atoms with Gasteiger partial charge in [0.25, 0.3) is 0 Å². The van der Waals surface area contributed by atoms with Gasteiger partial charge in [-0.2, -0.15) is 9.97 Å². The molecule has 0 aliphatic rings. The first-order chi connectivity index (χ1) is 49.6. The molecular formula is C90H52N10O2. The van der Waals surface area contributed by atoms with Crippen LogP contribution in [0.1, 0.15) is 116 Å². The standard InChI is InChI=1S/C44H6.C16H6.C15H21N5O.C15H19N5O/c1-3-5-7-9-11-13-15-17-19-21-23-25-27-29-31-33-35-37-39-41-43-44-42-40-38-36-34-32-30-28-26-24-22-20-18-16-14-12-10-8-6-4-2;1-3-5-7-9-11-13-15-16-14-12-10-8-6-4-2;2*1-8(2)10-6-18-11(9(3)4)5-12(10)21-13-7-19-15(17)20-14(13)16/h1-2H3;1-2H3;5-9H,1-4H3,(H4,16,17,19,20);5-8H,3H2,1-2,4H3,(H4,16,17,19,20). The number of hydrogen-bond acceptors (Lipinski definition) is 12. The molecule has 0 aliphatic carbocycles. The Kier molecular flexibility index (Phi) is 45.8. The van der Waals surface area contributed by atoms with E-state index in [0.717, 1.165) is 33.8 Å². The summed E-state index contributed by atoms with van der Waals surface area (Å²) >= 11 is 0. The van der Waals surface area contributed by atoms with Gasteiger partial charge in [0.2, 0.25) is 11.9 Å². The Morgan fingerprint density at radius 3 is 0.706 bits per heavy atom. The SMILES string of the molecule is C=C(C)c1cc(Oc2cnc(N)nc2N)c(C(C)C)cn1.CC#CC#CC#CC#CC#CC#CC#CC.CC#CC#CC#CC#CC#CC#CC#CC#CC#CC#CC#CC#CC#CC#CC#CC#CC#CC#CC#CC#CC#CC.CC(C)c1cc(Oc2cnc(N)nc2N)c(C(C)C)cn1. The zero-order chi connectivity index (χ0) is 74.7. The molecule has 0 saturated heterocycles. The van der Waals surface area contributed by atoms with Crippen molar-refractivity contribution < 1.29 is 9.47 Å². The lowest BCUT2D eigenvalue weighted by atomic mass is 10.0. The van der Waals surface area contributed by atoms with Crippen LogP contribution in [0.4, 0.5) is 23.5 Å². The second-order valence-electron chi connectivity index (χ2n) is 18.2. The van der Waals surface area contributed by atoms with Gasteiger partial charge in [-0.15, -0.1) is 0 Å². The van der Waals surface area contributed by atoms with Gasteiger partial charge in [0.05, 0.1) is 18.1 Å². The highest BCUT2D eigenvalue weighted by Gasteiger charge is 2.16. The number of nitrogens with two attached hydrogens (primary N) is 4. The molecule has 4 heterocycles. The van der Waals surface area contributed by atoms with Crippen molar-refractivity contribution in [1.29, 1.82) is 0 Å². The molecule has 4 aromatic rings. The first kappa shape index (κ1) is 82.7. The third-order valence-corrected chi connectivity index (χ3v) is 9.75. The van der Waals surface area contributed by atoms with E-state index in [1.165, 1.54) is 12.4 Å². The van der Waals surface area contributed by atoms with E-state index in [2.05, 4.69) is 410 Å². The number of anilines is 4. The van der Waals surface area contributed by atoms with E-state index in [4.69, 9.17) is 32.4 Å². The van der Waals surface area contributed by atoms with Crippen molar-refractivity contribution in [2.45, 2.75) is 93.9 Å². The normalized spacial score (nSPS) is 6.80. The molecule has 0 bridgehead atoms. The van der Waals surface area contributed by atoms with Gasteiger partial charge in [0.15, 0.2) is 23.1 Å². The molecule has 102 heavy (non-hydrogen) atoms. The van der Waals surface area contributed by atoms with Crippen LogP contribution in [0.2, 0.25) is 0 Å². The molecule has 0 spiro atoms. The summed E-state index contributed by atoms with van der Waals surface area (Å²) in [5.41, 5.74) is 27.2. The maximum Gasteiger partial charge on any atom is 0.222 e. The Labute approximate surface area is 602 Å². The highest BCUT2D eigenvalue weighted by Crippen LogP contribution is 2.35. The Morgan fingerprint density at radius 2 is 0.510 bits per heavy atom. The number of nitrogen functional groups attached to an aromatic ring is 4. The van der Waals surface area contributed by atoms with Crippen LogP contribution >= 0.6 is 0 Å². The summed E-state index contributed by atoms with van der Waals surface area (Å²) in [6, 6.07) is 3.78. The fourth-order valence-corrected chi connectivity index (χ4v) is 5.44. The van der Waals surface area contributed by atoms with Crippen molar-refractivity contribution in [2.75, 3.05) is 22.9 Å². The van der Waals surface area contributed by atoms with Gasteiger partial charge < -0.3 is 32.4 Å². The molecule has 0 aliphatic heterocycles. The van der Waals surface area contributed by atoms with Crippen molar-refractivity contribution in [1.82, 2.24) is 29.9 Å². The molecule has 0 amide bonds. The van der Waals surface area contributed by atoms with Gasteiger partial charge >= 0.3 is 0 Å². The predicted molar refractivity (Wildman–Crippen MR) is 408 cm³/mol. The maximum absolute atomic E-state index is 5.90. The lowest BCUT2D eigenvalue weighted by molar-refractivity contribution is 0.468. The number of nitrogens with zero attached hydrogens (tertiary/aromatic N) is 6. The van der Waals surface area contributed by atoms with E-state index in [1.807, 2.05) is 25.3 Å². The van der Waals surface area contributed by atoms with Gasteiger partial charge in [-0.1, -0.05) is 71.8 Å². The Hall–Kier alpha value is -17.3. The van der Waals surface area contributed by atoms with Crippen LogP contribution in [0.5, 0.6) is 23.0 Å². The molecule has 4 aromatic heterocycles. The largest absolute Gasteiger partial charge is 0.451 e. The Morgan fingerprint density at radius 1 is 0.294 bits per heavy atom. The highest BCUT2D eigenvalue weighted by molar-refractivity contribution is 5.61. The molecule has 474 valence electrons. The lowest BCUT2D eigenvalue weighted by Gasteiger charge is -2.16. The summed E-state index contributed by atoms with van der Waals surface area (Å²) < 4.78 is 11.8. The van der Waals surface area contributed by atoms with Gasteiger partial charge in [-0.25, -0.2) is 9.97 Å². The third-order valence-electron chi connectivity index (χ3n) is 9.75. The summed E-state index contributed by atoms with van der Waals surface area (Å²) in [4.78, 5) is 24.5. The van der Waals surface area contributed by atoms with Crippen LogP contribution in [0.25, 0.3) is 5.57 Å². The van der Waals surface area contributed by atoms with Crippen LogP contribution in [-0.4, -0.2) is 29.9 Å². The Bertz CT molecular complexity index is 5610. The van der Waals surface area contributed by atoms with Crippen molar-refractivity contribution >= 4 is 29.1 Å². The zero-order valence-electron chi connectivity index (χ0n) is 57.2. The third kappa shape index (κ3) is 43.4. The molecule has 0 aromatic carbocycles. The molecule has 8 N–H and O–H groups in total. The number of hydrogen-bond donors (Lipinski definition) is 4. The molecule has 12 nitrogen and oxygen atoms in total. The van der Waals surface area contributed by atoms with Crippen molar-refractivity contribution in [3.8, 4) is 355 Å². The van der Waals surface area contributed by atoms with Crippen LogP contribution in [-0.2, 0) is 0 Å². The maximum atomic E-state index is 5.90. The van der Waals surface area contributed by atoms with Crippen molar-refractivity contribution in [2.24, 2.45) is 0 Å². The minimum atomic E-state index is 0.112. The minimum absolute atomic E-state index is 0.112. The summed E-state index contributed by atoms with van der Waals surface area (Å²) in [6.45, 7) is 25.0. The zero-order valence-corrected chi connectivity index (χ0v) is 57.2. The molecule has 0 saturated carbocycles. The van der Waals surface area contributed by atoms with Crippen LogP contribution in [0.3, 0.4) is 0 Å². The number of allylic oxidation sites excluding steroid dienone is 1. The minimum Gasteiger partial charge on any atom is -0.451 e. The Balaban J connectivity index is 0.000000744. The average Bonchev–Trinajstić information content (AvgIpc) is 0.831. The molecule has 0 unspecified atom stereocenters. The fraction of sp³-hybridized carbons (Fsp3) is 0.156. The summed E-state index contributed by atoms with van der Waals surface area (Å²) in [5, 5.41) is 0. The first-order valence-corrected chi connectivity index (χ1v) is 29.0.